The second kappa shape index (κ2) is 9.25. The van der Waals surface area contributed by atoms with E-state index in [0.29, 0.717) is 11.3 Å². The van der Waals surface area contributed by atoms with Crippen LogP contribution in [0.25, 0.3) is 11.3 Å². The number of unbranched alkanes of at least 4 members (excludes halogenated alkanes) is 1. The van der Waals surface area contributed by atoms with Gasteiger partial charge in [0.25, 0.3) is 0 Å². The summed E-state index contributed by atoms with van der Waals surface area (Å²) in [6.07, 6.45) is 10.7. The van der Waals surface area contributed by atoms with Gasteiger partial charge in [0.1, 0.15) is 5.82 Å². The van der Waals surface area contributed by atoms with Gasteiger partial charge in [0.2, 0.25) is 0 Å². The summed E-state index contributed by atoms with van der Waals surface area (Å²) in [6, 6.07) is 9.46. The van der Waals surface area contributed by atoms with E-state index in [1.165, 1.54) is 32.1 Å². The van der Waals surface area contributed by atoms with E-state index in [2.05, 4.69) is 30.1 Å². The van der Waals surface area contributed by atoms with Gasteiger partial charge in [-0.3, -0.25) is 0 Å². The summed E-state index contributed by atoms with van der Waals surface area (Å²) in [5.41, 5.74) is 3.25. The van der Waals surface area contributed by atoms with E-state index in [9.17, 15) is 4.39 Å². The maximum atomic E-state index is 14.6. The highest BCUT2D eigenvalue weighted by molar-refractivity contribution is 5.59. The molecule has 1 aromatic carbocycles. The molecule has 0 radical (unpaired) electrons. The second-order valence-corrected chi connectivity index (χ2v) is 7.99. The van der Waals surface area contributed by atoms with Gasteiger partial charge in [-0.05, 0) is 67.3 Å². The lowest BCUT2D eigenvalue weighted by atomic mass is 9.80. The number of halogens is 1. The molecule has 2 nitrogen and oxygen atoms in total. The topological polar surface area (TPSA) is 25.8 Å². The lowest BCUT2D eigenvalue weighted by Crippen LogP contribution is -2.12. The minimum atomic E-state index is -0.185. The van der Waals surface area contributed by atoms with Gasteiger partial charge < -0.3 is 0 Å². The molecule has 0 atom stereocenters. The lowest BCUT2D eigenvalue weighted by Gasteiger charge is -2.26. The maximum absolute atomic E-state index is 14.6. The number of rotatable bonds is 7. The summed E-state index contributed by atoms with van der Waals surface area (Å²) in [6.45, 7) is 4.51. The number of benzene rings is 1. The molecule has 0 amide bonds. The molecule has 3 heteroatoms. The summed E-state index contributed by atoms with van der Waals surface area (Å²) in [5, 5.41) is 8.47. The quantitative estimate of drug-likeness (QED) is 0.576. The monoisotopic (exact) mass is 354 g/mol. The Morgan fingerprint density at radius 1 is 1.00 bits per heavy atom. The predicted molar refractivity (Wildman–Crippen MR) is 105 cm³/mol. The van der Waals surface area contributed by atoms with Crippen molar-refractivity contribution >= 4 is 0 Å². The Labute approximate surface area is 157 Å². The molecule has 0 unspecified atom stereocenters. The van der Waals surface area contributed by atoms with Gasteiger partial charge >= 0.3 is 0 Å². The van der Waals surface area contributed by atoms with Crippen molar-refractivity contribution in [3.8, 4) is 11.3 Å². The third-order valence-corrected chi connectivity index (χ3v) is 5.79. The number of aryl methyl sites for hydroxylation is 2. The van der Waals surface area contributed by atoms with Gasteiger partial charge in [-0.2, -0.15) is 10.2 Å². The molecular formula is C23H31FN2. The van der Waals surface area contributed by atoms with E-state index >= 15 is 0 Å². The van der Waals surface area contributed by atoms with Crippen molar-refractivity contribution in [3.63, 3.8) is 0 Å². The van der Waals surface area contributed by atoms with Gasteiger partial charge in [0.15, 0.2) is 0 Å². The predicted octanol–water partition coefficient (Wildman–Crippen LogP) is 6.38. The van der Waals surface area contributed by atoms with Crippen LogP contribution in [-0.2, 0) is 12.8 Å². The Balaban J connectivity index is 1.60. The van der Waals surface area contributed by atoms with E-state index in [1.807, 2.05) is 18.2 Å². The first kappa shape index (κ1) is 19.0. The minimum Gasteiger partial charge on any atom is -0.206 e. The molecule has 0 spiro atoms. The summed E-state index contributed by atoms with van der Waals surface area (Å²) in [7, 11) is 0. The van der Waals surface area contributed by atoms with Gasteiger partial charge in [0, 0.05) is 5.56 Å². The zero-order valence-corrected chi connectivity index (χ0v) is 16.2. The standard InChI is InChI=1S/C23H31FN2/c1-3-4-5-20-13-15-23(26-25-20)21-14-12-19(16-22(21)24)11-10-18-8-6-17(2)7-9-18/h12-18H,3-11H2,1-2H3. The Hall–Kier alpha value is -1.77. The Kier molecular flexibility index (Phi) is 6.76. The van der Waals surface area contributed by atoms with E-state index in [1.54, 1.807) is 6.07 Å². The number of aromatic nitrogens is 2. The molecular weight excluding hydrogens is 323 g/mol. The van der Waals surface area contributed by atoms with Crippen molar-refractivity contribution in [3.05, 3.63) is 47.4 Å². The van der Waals surface area contributed by atoms with E-state index < -0.39 is 0 Å². The molecule has 1 aliphatic rings. The summed E-state index contributed by atoms with van der Waals surface area (Å²) in [5.74, 6) is 1.52. The summed E-state index contributed by atoms with van der Waals surface area (Å²) < 4.78 is 14.6. The molecule has 0 N–H and O–H groups in total. The van der Waals surface area contributed by atoms with Crippen molar-refractivity contribution in [2.75, 3.05) is 0 Å². The van der Waals surface area contributed by atoms with E-state index in [0.717, 1.165) is 48.8 Å². The molecule has 1 heterocycles. The minimum absolute atomic E-state index is 0.185. The molecule has 2 aromatic rings. The van der Waals surface area contributed by atoms with Crippen molar-refractivity contribution in [1.82, 2.24) is 10.2 Å². The molecule has 0 bridgehead atoms. The first-order chi connectivity index (χ1) is 12.7. The molecule has 1 aliphatic carbocycles. The normalized spacial score (nSPS) is 20.3. The number of hydrogen-bond donors (Lipinski definition) is 0. The zero-order valence-electron chi connectivity index (χ0n) is 16.2. The van der Waals surface area contributed by atoms with Crippen LogP contribution in [0.5, 0.6) is 0 Å². The number of nitrogens with zero attached hydrogens (tertiary/aromatic N) is 2. The van der Waals surface area contributed by atoms with Gasteiger partial charge in [0.05, 0.1) is 11.4 Å². The van der Waals surface area contributed by atoms with Crippen molar-refractivity contribution in [2.24, 2.45) is 11.8 Å². The molecule has 0 aliphatic heterocycles. The van der Waals surface area contributed by atoms with Crippen LogP contribution in [-0.4, -0.2) is 10.2 Å². The first-order valence-corrected chi connectivity index (χ1v) is 10.3. The molecule has 1 aromatic heterocycles. The van der Waals surface area contributed by atoms with Crippen molar-refractivity contribution in [1.29, 1.82) is 0 Å². The highest BCUT2D eigenvalue weighted by Gasteiger charge is 2.18. The molecule has 1 saturated carbocycles. The van der Waals surface area contributed by atoms with Crippen molar-refractivity contribution in [2.45, 2.75) is 71.6 Å². The summed E-state index contributed by atoms with van der Waals surface area (Å²) in [4.78, 5) is 0. The van der Waals surface area contributed by atoms with Crippen LogP contribution in [0.4, 0.5) is 4.39 Å². The fourth-order valence-corrected chi connectivity index (χ4v) is 3.91. The second-order valence-electron chi connectivity index (χ2n) is 7.99. The smallest absolute Gasteiger partial charge is 0.132 e. The van der Waals surface area contributed by atoms with Gasteiger partial charge in [-0.15, -0.1) is 0 Å². The molecule has 0 saturated heterocycles. The van der Waals surface area contributed by atoms with Crippen LogP contribution in [0, 0.1) is 17.7 Å². The Bertz CT molecular complexity index is 688. The highest BCUT2D eigenvalue weighted by Crippen LogP contribution is 2.31. The fourth-order valence-electron chi connectivity index (χ4n) is 3.91. The van der Waals surface area contributed by atoms with Gasteiger partial charge in [-0.25, -0.2) is 4.39 Å². The Morgan fingerprint density at radius 3 is 2.46 bits per heavy atom. The van der Waals surface area contributed by atoms with E-state index in [4.69, 9.17) is 0 Å². The average molecular weight is 355 g/mol. The van der Waals surface area contributed by atoms with Crippen LogP contribution in [0.3, 0.4) is 0 Å². The van der Waals surface area contributed by atoms with E-state index in [-0.39, 0.29) is 5.82 Å². The third kappa shape index (κ3) is 5.12. The molecule has 3 rings (SSSR count). The van der Waals surface area contributed by atoms with Gasteiger partial charge in [-0.1, -0.05) is 52.0 Å². The van der Waals surface area contributed by atoms with Crippen LogP contribution in [0.2, 0.25) is 0 Å². The average Bonchev–Trinajstić information content (AvgIpc) is 2.66. The SMILES string of the molecule is CCCCc1ccc(-c2ccc(CCC3CCC(C)CC3)cc2F)nn1. The van der Waals surface area contributed by atoms with Crippen LogP contribution in [0.15, 0.2) is 30.3 Å². The fraction of sp³-hybridized carbons (Fsp3) is 0.565. The number of hydrogen-bond acceptors (Lipinski definition) is 2. The molecule has 140 valence electrons. The zero-order chi connectivity index (χ0) is 18.4. The van der Waals surface area contributed by atoms with Crippen LogP contribution >= 0.6 is 0 Å². The highest BCUT2D eigenvalue weighted by atomic mass is 19.1. The first-order valence-electron chi connectivity index (χ1n) is 10.3. The van der Waals surface area contributed by atoms with Crippen LogP contribution in [0.1, 0.15) is 70.1 Å². The third-order valence-electron chi connectivity index (χ3n) is 5.79. The summed E-state index contributed by atoms with van der Waals surface area (Å²) >= 11 is 0. The molecule has 26 heavy (non-hydrogen) atoms. The van der Waals surface area contributed by atoms with Crippen LogP contribution < -0.4 is 0 Å². The Morgan fingerprint density at radius 2 is 1.81 bits per heavy atom. The molecule has 1 fully saturated rings. The van der Waals surface area contributed by atoms with Crippen molar-refractivity contribution < 1.29 is 4.39 Å². The lowest BCUT2D eigenvalue weighted by molar-refractivity contribution is 0.277. The maximum Gasteiger partial charge on any atom is 0.132 e. The largest absolute Gasteiger partial charge is 0.206 e.